The normalized spacial score (nSPS) is 10.5. The van der Waals surface area contributed by atoms with Crippen molar-refractivity contribution in [3.63, 3.8) is 0 Å². The van der Waals surface area contributed by atoms with Gasteiger partial charge < -0.3 is 19.2 Å². The number of nitrogens with zero attached hydrogens (tertiary/aromatic N) is 1. The molecule has 0 aliphatic carbocycles. The summed E-state index contributed by atoms with van der Waals surface area (Å²) in [5.41, 5.74) is 2.94. The van der Waals surface area contributed by atoms with Gasteiger partial charge in [0.15, 0.2) is 23.5 Å². The molecule has 1 N–H and O–H groups in total. The minimum Gasteiger partial charge on any atom is -0.493 e. The van der Waals surface area contributed by atoms with E-state index in [1.165, 1.54) is 6.39 Å². The Morgan fingerprint density at radius 2 is 1.96 bits per heavy atom. The predicted octanol–water partition coefficient (Wildman–Crippen LogP) is 3.03. The van der Waals surface area contributed by atoms with Crippen molar-refractivity contribution in [1.82, 2.24) is 4.98 Å². The van der Waals surface area contributed by atoms with Crippen LogP contribution < -0.4 is 14.8 Å². The highest BCUT2D eigenvalue weighted by Crippen LogP contribution is 2.29. The van der Waals surface area contributed by atoms with Gasteiger partial charge >= 0.3 is 0 Å². The number of carbonyl (C=O) groups excluding carboxylic acids is 1. The third kappa shape index (κ3) is 3.26. The molecule has 1 aromatic heterocycles. The van der Waals surface area contributed by atoms with E-state index >= 15 is 0 Å². The van der Waals surface area contributed by atoms with Gasteiger partial charge in [0.1, 0.15) is 5.52 Å². The molecule has 118 valence electrons. The largest absolute Gasteiger partial charge is 0.493 e. The molecule has 0 fully saturated rings. The van der Waals surface area contributed by atoms with Gasteiger partial charge in [-0.25, -0.2) is 4.98 Å². The summed E-state index contributed by atoms with van der Waals surface area (Å²) in [6.07, 6.45) is 1.63. The highest BCUT2D eigenvalue weighted by Gasteiger charge is 2.09. The zero-order valence-corrected chi connectivity index (χ0v) is 12.8. The molecule has 1 heterocycles. The van der Waals surface area contributed by atoms with Crippen LogP contribution in [-0.4, -0.2) is 25.1 Å². The molecule has 2 aromatic carbocycles. The fourth-order valence-electron chi connectivity index (χ4n) is 2.31. The van der Waals surface area contributed by atoms with Gasteiger partial charge in [-0.3, -0.25) is 4.79 Å². The molecule has 0 aliphatic heterocycles. The standard InChI is InChI=1S/C17H16N2O4/c1-21-14-6-4-12(9-16(14)22-2)19-17(20)8-11-3-5-13-15(7-11)23-10-18-13/h3-7,9-10H,8H2,1-2H3,(H,19,20). The molecule has 0 spiro atoms. The fraction of sp³-hybridized carbons (Fsp3) is 0.176. The van der Waals surface area contributed by atoms with E-state index in [-0.39, 0.29) is 12.3 Å². The van der Waals surface area contributed by atoms with Crippen LogP contribution >= 0.6 is 0 Å². The van der Waals surface area contributed by atoms with Crippen molar-refractivity contribution >= 4 is 22.7 Å². The van der Waals surface area contributed by atoms with Crippen molar-refractivity contribution in [2.45, 2.75) is 6.42 Å². The molecule has 3 aromatic rings. The Morgan fingerprint density at radius 3 is 2.74 bits per heavy atom. The van der Waals surface area contributed by atoms with Gasteiger partial charge in [-0.2, -0.15) is 0 Å². The lowest BCUT2D eigenvalue weighted by atomic mass is 10.1. The Bertz CT molecular complexity index is 841. The molecular formula is C17H16N2O4. The highest BCUT2D eigenvalue weighted by molar-refractivity contribution is 5.93. The highest BCUT2D eigenvalue weighted by atomic mass is 16.5. The van der Waals surface area contributed by atoms with Gasteiger partial charge in [-0.05, 0) is 29.8 Å². The van der Waals surface area contributed by atoms with E-state index < -0.39 is 0 Å². The lowest BCUT2D eigenvalue weighted by Crippen LogP contribution is -2.14. The molecule has 23 heavy (non-hydrogen) atoms. The van der Waals surface area contributed by atoms with Crippen LogP contribution in [-0.2, 0) is 11.2 Å². The summed E-state index contributed by atoms with van der Waals surface area (Å²) >= 11 is 0. The number of fused-ring (bicyclic) bond motifs is 1. The van der Waals surface area contributed by atoms with Crippen molar-refractivity contribution in [3.05, 3.63) is 48.4 Å². The Labute approximate surface area is 133 Å². The topological polar surface area (TPSA) is 73.6 Å². The molecule has 3 rings (SSSR count). The Kier molecular flexibility index (Phi) is 4.14. The Balaban J connectivity index is 1.71. The lowest BCUT2D eigenvalue weighted by Gasteiger charge is -2.10. The molecule has 0 bridgehead atoms. The van der Waals surface area contributed by atoms with Crippen LogP contribution in [0, 0.1) is 0 Å². The van der Waals surface area contributed by atoms with Gasteiger partial charge in [-0.15, -0.1) is 0 Å². The van der Waals surface area contributed by atoms with Crippen LogP contribution in [0.4, 0.5) is 5.69 Å². The number of anilines is 1. The van der Waals surface area contributed by atoms with E-state index in [4.69, 9.17) is 13.9 Å². The number of ether oxygens (including phenoxy) is 2. The van der Waals surface area contributed by atoms with Crippen molar-refractivity contribution in [1.29, 1.82) is 0 Å². The first-order chi connectivity index (χ1) is 11.2. The smallest absolute Gasteiger partial charge is 0.228 e. The average Bonchev–Trinajstić information content (AvgIpc) is 3.02. The van der Waals surface area contributed by atoms with Crippen molar-refractivity contribution < 1.29 is 18.7 Å². The van der Waals surface area contributed by atoms with Crippen LogP contribution in [0.1, 0.15) is 5.56 Å². The maximum atomic E-state index is 12.2. The molecule has 0 saturated carbocycles. The van der Waals surface area contributed by atoms with E-state index in [9.17, 15) is 4.79 Å². The second kappa shape index (κ2) is 6.39. The number of nitrogens with one attached hydrogen (secondary N) is 1. The first-order valence-corrected chi connectivity index (χ1v) is 7.03. The molecule has 1 amide bonds. The SMILES string of the molecule is COc1ccc(NC(=O)Cc2ccc3ncoc3c2)cc1OC. The maximum Gasteiger partial charge on any atom is 0.228 e. The summed E-state index contributed by atoms with van der Waals surface area (Å²) in [4.78, 5) is 16.2. The van der Waals surface area contributed by atoms with Gasteiger partial charge in [-0.1, -0.05) is 6.07 Å². The van der Waals surface area contributed by atoms with Crippen molar-refractivity contribution in [2.75, 3.05) is 19.5 Å². The first kappa shape index (κ1) is 14.9. The summed E-state index contributed by atoms with van der Waals surface area (Å²) in [6.45, 7) is 0. The van der Waals surface area contributed by atoms with Gasteiger partial charge in [0, 0.05) is 11.8 Å². The number of oxazole rings is 1. The molecule has 0 unspecified atom stereocenters. The summed E-state index contributed by atoms with van der Waals surface area (Å²) < 4.78 is 15.6. The zero-order chi connectivity index (χ0) is 16.2. The number of hydrogen-bond donors (Lipinski definition) is 1. The van der Waals surface area contributed by atoms with Gasteiger partial charge in [0.2, 0.25) is 5.91 Å². The van der Waals surface area contributed by atoms with Crippen LogP contribution in [0.15, 0.2) is 47.2 Å². The van der Waals surface area contributed by atoms with Crippen molar-refractivity contribution in [2.24, 2.45) is 0 Å². The minimum absolute atomic E-state index is 0.129. The number of aromatic nitrogens is 1. The van der Waals surface area contributed by atoms with E-state index in [2.05, 4.69) is 10.3 Å². The second-order valence-corrected chi connectivity index (χ2v) is 4.95. The van der Waals surface area contributed by atoms with E-state index in [1.54, 1.807) is 32.4 Å². The summed E-state index contributed by atoms with van der Waals surface area (Å²) in [5.74, 6) is 1.05. The van der Waals surface area contributed by atoms with Crippen LogP contribution in [0.25, 0.3) is 11.1 Å². The van der Waals surface area contributed by atoms with Crippen LogP contribution in [0.2, 0.25) is 0 Å². The molecule has 0 aliphatic rings. The number of rotatable bonds is 5. The molecular weight excluding hydrogens is 296 g/mol. The third-order valence-corrected chi connectivity index (χ3v) is 3.43. The number of benzene rings is 2. The summed E-state index contributed by atoms with van der Waals surface area (Å²) in [7, 11) is 3.12. The van der Waals surface area contributed by atoms with E-state index in [1.807, 2.05) is 18.2 Å². The maximum absolute atomic E-state index is 12.2. The summed E-state index contributed by atoms with van der Waals surface area (Å²) in [6, 6.07) is 10.7. The molecule has 0 radical (unpaired) electrons. The number of amides is 1. The lowest BCUT2D eigenvalue weighted by molar-refractivity contribution is -0.115. The number of methoxy groups -OCH3 is 2. The monoisotopic (exact) mass is 312 g/mol. The van der Waals surface area contributed by atoms with E-state index in [0.717, 1.165) is 11.1 Å². The van der Waals surface area contributed by atoms with Crippen LogP contribution in [0.5, 0.6) is 11.5 Å². The van der Waals surface area contributed by atoms with Crippen LogP contribution in [0.3, 0.4) is 0 Å². The second-order valence-electron chi connectivity index (χ2n) is 4.95. The summed E-state index contributed by atoms with van der Waals surface area (Å²) in [5, 5.41) is 2.84. The minimum atomic E-state index is -0.129. The number of hydrogen-bond acceptors (Lipinski definition) is 5. The predicted molar refractivity (Wildman–Crippen MR) is 85.9 cm³/mol. The molecule has 6 nitrogen and oxygen atoms in total. The first-order valence-electron chi connectivity index (χ1n) is 7.03. The average molecular weight is 312 g/mol. The number of carbonyl (C=O) groups is 1. The quantitative estimate of drug-likeness (QED) is 0.784. The Hall–Kier alpha value is -3.02. The fourth-order valence-corrected chi connectivity index (χ4v) is 2.31. The Morgan fingerprint density at radius 1 is 1.13 bits per heavy atom. The van der Waals surface area contributed by atoms with Crippen molar-refractivity contribution in [3.8, 4) is 11.5 Å². The third-order valence-electron chi connectivity index (χ3n) is 3.43. The van der Waals surface area contributed by atoms with Gasteiger partial charge in [0.05, 0.1) is 20.6 Å². The molecule has 0 saturated heterocycles. The molecule has 6 heteroatoms. The molecule has 0 atom stereocenters. The zero-order valence-electron chi connectivity index (χ0n) is 12.8. The van der Waals surface area contributed by atoms with Gasteiger partial charge in [0.25, 0.3) is 0 Å². The van der Waals surface area contributed by atoms with E-state index in [0.29, 0.717) is 22.8 Å².